The van der Waals surface area contributed by atoms with Crippen molar-refractivity contribution in [3.8, 4) is 11.1 Å². The van der Waals surface area contributed by atoms with Crippen molar-refractivity contribution in [1.82, 2.24) is 15.5 Å². The first-order valence-electron chi connectivity index (χ1n) is 8.46. The third-order valence-corrected chi connectivity index (χ3v) is 3.85. The number of carbonyl (C=O) groups excluding carboxylic acids is 2. The second-order valence-electron chi connectivity index (χ2n) is 5.94. The van der Waals surface area contributed by atoms with Crippen molar-refractivity contribution < 1.29 is 18.8 Å². The molecule has 0 aliphatic rings. The number of benzene rings is 2. The molecule has 1 unspecified atom stereocenters. The van der Waals surface area contributed by atoms with Gasteiger partial charge in [-0.05, 0) is 37.1 Å². The molecule has 0 fully saturated rings. The van der Waals surface area contributed by atoms with Crippen LogP contribution in [0.5, 0.6) is 0 Å². The van der Waals surface area contributed by atoms with Gasteiger partial charge in [-0.1, -0.05) is 47.6 Å². The summed E-state index contributed by atoms with van der Waals surface area (Å²) in [4.78, 5) is 28.1. The molecule has 7 heteroatoms. The van der Waals surface area contributed by atoms with Crippen molar-refractivity contribution in [3.05, 3.63) is 71.9 Å². The maximum absolute atomic E-state index is 12.2. The summed E-state index contributed by atoms with van der Waals surface area (Å²) in [5, 5.41) is 6.18. The fraction of sp³-hybridized carbons (Fsp3) is 0.200. The monoisotopic (exact) mass is 365 g/mol. The average molecular weight is 365 g/mol. The van der Waals surface area contributed by atoms with E-state index in [4.69, 9.17) is 9.26 Å². The molecule has 1 aromatic heterocycles. The third kappa shape index (κ3) is 4.78. The average Bonchev–Trinajstić information content (AvgIpc) is 3.13. The molecule has 0 radical (unpaired) electrons. The standard InChI is InChI=1S/C20H19N3O4/c1-13(20-22-14(2)23-27-20)26-18(24)12-21-19(25)17-10-8-16(9-11-17)15-6-4-3-5-7-15/h3-11,13H,12H2,1-2H3,(H,21,25). The van der Waals surface area contributed by atoms with Crippen LogP contribution in [-0.4, -0.2) is 28.6 Å². The van der Waals surface area contributed by atoms with E-state index in [2.05, 4.69) is 15.5 Å². The van der Waals surface area contributed by atoms with Crippen LogP contribution in [0.15, 0.2) is 59.1 Å². The Morgan fingerprint density at radius 2 is 1.74 bits per heavy atom. The Bertz CT molecular complexity index is 920. The van der Waals surface area contributed by atoms with E-state index >= 15 is 0 Å². The first-order valence-corrected chi connectivity index (χ1v) is 8.46. The highest BCUT2D eigenvalue weighted by molar-refractivity contribution is 5.96. The predicted molar refractivity (Wildman–Crippen MR) is 97.8 cm³/mol. The number of aryl methyl sites for hydroxylation is 1. The van der Waals surface area contributed by atoms with Crippen molar-refractivity contribution in [2.45, 2.75) is 20.0 Å². The highest BCUT2D eigenvalue weighted by Crippen LogP contribution is 2.19. The number of amides is 1. The summed E-state index contributed by atoms with van der Waals surface area (Å²) in [6, 6.07) is 17.0. The molecule has 1 amide bonds. The van der Waals surface area contributed by atoms with Gasteiger partial charge < -0.3 is 14.6 Å². The van der Waals surface area contributed by atoms with Gasteiger partial charge in [0.15, 0.2) is 11.9 Å². The van der Waals surface area contributed by atoms with Crippen LogP contribution in [0.3, 0.4) is 0 Å². The first-order chi connectivity index (χ1) is 13.0. The van der Waals surface area contributed by atoms with Gasteiger partial charge in [-0.25, -0.2) is 0 Å². The molecule has 0 bridgehead atoms. The van der Waals surface area contributed by atoms with E-state index in [1.54, 1.807) is 26.0 Å². The third-order valence-electron chi connectivity index (χ3n) is 3.85. The van der Waals surface area contributed by atoms with Gasteiger partial charge in [0.05, 0.1) is 0 Å². The maximum Gasteiger partial charge on any atom is 0.326 e. The van der Waals surface area contributed by atoms with E-state index < -0.39 is 12.1 Å². The Kier molecular flexibility index (Phi) is 5.61. The Balaban J connectivity index is 1.52. The van der Waals surface area contributed by atoms with Crippen LogP contribution in [-0.2, 0) is 9.53 Å². The predicted octanol–water partition coefficient (Wildman–Crippen LogP) is 3.08. The number of hydrogen-bond acceptors (Lipinski definition) is 6. The van der Waals surface area contributed by atoms with Gasteiger partial charge in [-0.3, -0.25) is 9.59 Å². The lowest BCUT2D eigenvalue weighted by molar-refractivity contribution is -0.148. The zero-order chi connectivity index (χ0) is 19.2. The largest absolute Gasteiger partial charge is 0.451 e. The molecule has 0 saturated heterocycles. The summed E-state index contributed by atoms with van der Waals surface area (Å²) in [6.07, 6.45) is -0.680. The lowest BCUT2D eigenvalue weighted by atomic mass is 10.0. The molecule has 0 aliphatic carbocycles. The van der Waals surface area contributed by atoms with Gasteiger partial charge in [0.2, 0.25) is 0 Å². The molecule has 1 N–H and O–H groups in total. The lowest BCUT2D eigenvalue weighted by Gasteiger charge is -2.10. The Labute approximate surface area is 156 Å². The van der Waals surface area contributed by atoms with E-state index in [0.29, 0.717) is 11.4 Å². The molecule has 2 aromatic carbocycles. The zero-order valence-corrected chi connectivity index (χ0v) is 15.0. The molecule has 27 heavy (non-hydrogen) atoms. The number of nitrogens with zero attached hydrogens (tertiary/aromatic N) is 2. The summed E-state index contributed by atoms with van der Waals surface area (Å²) in [7, 11) is 0. The van der Waals surface area contributed by atoms with Crippen LogP contribution in [0.1, 0.15) is 35.1 Å². The van der Waals surface area contributed by atoms with E-state index in [9.17, 15) is 9.59 Å². The van der Waals surface area contributed by atoms with Crippen molar-refractivity contribution in [2.24, 2.45) is 0 Å². The van der Waals surface area contributed by atoms with Crippen molar-refractivity contribution in [1.29, 1.82) is 0 Å². The quantitative estimate of drug-likeness (QED) is 0.675. The van der Waals surface area contributed by atoms with Gasteiger partial charge in [0.25, 0.3) is 11.8 Å². The molecule has 1 atom stereocenters. The summed E-state index contributed by atoms with van der Waals surface area (Å²) in [6.45, 7) is 3.04. The molecule has 0 aliphatic heterocycles. The molecule has 7 nitrogen and oxygen atoms in total. The van der Waals surface area contributed by atoms with E-state index in [0.717, 1.165) is 11.1 Å². The zero-order valence-electron chi connectivity index (χ0n) is 15.0. The van der Waals surface area contributed by atoms with E-state index in [-0.39, 0.29) is 18.3 Å². The Morgan fingerprint density at radius 3 is 2.37 bits per heavy atom. The highest BCUT2D eigenvalue weighted by atomic mass is 16.6. The molecule has 3 rings (SSSR count). The number of nitrogens with one attached hydrogen (secondary N) is 1. The van der Waals surface area contributed by atoms with Gasteiger partial charge in [-0.2, -0.15) is 4.98 Å². The number of hydrogen-bond donors (Lipinski definition) is 1. The number of rotatable bonds is 6. The summed E-state index contributed by atoms with van der Waals surface area (Å²) in [5.41, 5.74) is 2.54. The van der Waals surface area contributed by atoms with Crippen LogP contribution in [0, 0.1) is 6.92 Å². The first kappa shape index (κ1) is 18.3. The Hall–Kier alpha value is -3.48. The van der Waals surface area contributed by atoms with Crippen molar-refractivity contribution in [3.63, 3.8) is 0 Å². The lowest BCUT2D eigenvalue weighted by Crippen LogP contribution is -2.31. The minimum Gasteiger partial charge on any atom is -0.451 e. The minimum absolute atomic E-state index is 0.212. The second-order valence-corrected chi connectivity index (χ2v) is 5.94. The second kappa shape index (κ2) is 8.27. The molecule has 0 spiro atoms. The van der Waals surface area contributed by atoms with Crippen LogP contribution in [0.2, 0.25) is 0 Å². The smallest absolute Gasteiger partial charge is 0.326 e. The van der Waals surface area contributed by atoms with Crippen molar-refractivity contribution >= 4 is 11.9 Å². The Morgan fingerprint density at radius 1 is 1.07 bits per heavy atom. The highest BCUT2D eigenvalue weighted by Gasteiger charge is 2.18. The van der Waals surface area contributed by atoms with Crippen LogP contribution in [0.4, 0.5) is 0 Å². The minimum atomic E-state index is -0.680. The summed E-state index contributed by atoms with van der Waals surface area (Å²) < 4.78 is 10.1. The SMILES string of the molecule is Cc1noc(C(C)OC(=O)CNC(=O)c2ccc(-c3ccccc3)cc2)n1. The normalized spacial score (nSPS) is 11.6. The van der Waals surface area contributed by atoms with Gasteiger partial charge in [-0.15, -0.1) is 0 Å². The topological polar surface area (TPSA) is 94.3 Å². The maximum atomic E-state index is 12.2. The van der Waals surface area contributed by atoms with E-state index in [1.165, 1.54) is 0 Å². The van der Waals surface area contributed by atoms with Crippen molar-refractivity contribution in [2.75, 3.05) is 6.54 Å². The number of carbonyl (C=O) groups is 2. The van der Waals surface area contributed by atoms with Crippen LogP contribution >= 0.6 is 0 Å². The molecule has 138 valence electrons. The molecular weight excluding hydrogens is 346 g/mol. The van der Waals surface area contributed by atoms with Crippen LogP contribution in [0.25, 0.3) is 11.1 Å². The molecular formula is C20H19N3O4. The van der Waals surface area contributed by atoms with E-state index in [1.807, 2.05) is 42.5 Å². The van der Waals surface area contributed by atoms with Gasteiger partial charge in [0.1, 0.15) is 6.54 Å². The fourth-order valence-corrected chi connectivity index (χ4v) is 2.47. The van der Waals surface area contributed by atoms with Gasteiger partial charge >= 0.3 is 5.97 Å². The summed E-state index contributed by atoms with van der Waals surface area (Å²) in [5.74, 6) is -0.274. The molecule has 1 heterocycles. The number of esters is 1. The fourth-order valence-electron chi connectivity index (χ4n) is 2.47. The van der Waals surface area contributed by atoms with Crippen LogP contribution < -0.4 is 5.32 Å². The van der Waals surface area contributed by atoms with Gasteiger partial charge in [0, 0.05) is 5.56 Å². The molecule has 3 aromatic rings. The summed E-state index contributed by atoms with van der Waals surface area (Å²) >= 11 is 0. The molecule has 0 saturated carbocycles. The number of aromatic nitrogens is 2. The number of ether oxygens (including phenoxy) is 1.